The van der Waals surface area contributed by atoms with Crippen molar-refractivity contribution in [2.24, 2.45) is 5.41 Å². The van der Waals surface area contributed by atoms with Crippen LogP contribution in [0.15, 0.2) is 12.7 Å². The van der Waals surface area contributed by atoms with E-state index in [1.54, 1.807) is 0 Å². The van der Waals surface area contributed by atoms with Crippen molar-refractivity contribution in [3.05, 3.63) is 12.7 Å². The molecule has 1 rings (SSSR count). The van der Waals surface area contributed by atoms with Crippen molar-refractivity contribution >= 4 is 5.91 Å². The number of rotatable bonds is 3. The second-order valence-electron chi connectivity index (χ2n) is 5.43. The molecule has 0 heterocycles. The molecule has 0 spiro atoms. The Morgan fingerprint density at radius 1 is 1.40 bits per heavy atom. The summed E-state index contributed by atoms with van der Waals surface area (Å²) in [7, 11) is 0. The summed E-state index contributed by atoms with van der Waals surface area (Å²) in [5, 5.41) is 0. The molecule has 0 bridgehead atoms. The fourth-order valence-corrected chi connectivity index (χ4v) is 2.18. The molecule has 1 amide bonds. The molecule has 1 aliphatic carbocycles. The molecule has 2 heteroatoms. The Morgan fingerprint density at radius 3 is 2.33 bits per heavy atom. The maximum atomic E-state index is 12.2. The zero-order chi connectivity index (χ0) is 11.5. The number of hydrogen-bond acceptors (Lipinski definition) is 1. The molecule has 0 aromatic carbocycles. The van der Waals surface area contributed by atoms with Gasteiger partial charge in [0, 0.05) is 18.0 Å². The van der Waals surface area contributed by atoms with E-state index < -0.39 is 0 Å². The first-order chi connectivity index (χ1) is 6.96. The van der Waals surface area contributed by atoms with Crippen LogP contribution in [0, 0.1) is 5.41 Å². The van der Waals surface area contributed by atoms with E-state index in [0.29, 0.717) is 12.6 Å². The van der Waals surface area contributed by atoms with Crippen molar-refractivity contribution in [2.75, 3.05) is 6.54 Å². The number of nitrogens with zero attached hydrogens (tertiary/aromatic N) is 1. The molecule has 0 aromatic heterocycles. The van der Waals surface area contributed by atoms with Crippen LogP contribution in [0.3, 0.4) is 0 Å². The van der Waals surface area contributed by atoms with E-state index in [4.69, 9.17) is 0 Å². The van der Waals surface area contributed by atoms with Crippen LogP contribution in [0.1, 0.15) is 46.5 Å². The van der Waals surface area contributed by atoms with Gasteiger partial charge >= 0.3 is 0 Å². The minimum absolute atomic E-state index is 0.259. The van der Waals surface area contributed by atoms with Crippen LogP contribution in [0.5, 0.6) is 0 Å². The van der Waals surface area contributed by atoms with Crippen molar-refractivity contribution < 1.29 is 4.79 Å². The van der Waals surface area contributed by atoms with Gasteiger partial charge in [0.05, 0.1) is 0 Å². The average Bonchev–Trinajstić information content (AvgIpc) is 2.64. The highest BCUT2D eigenvalue weighted by atomic mass is 16.2. The molecule has 0 atom stereocenters. The first kappa shape index (κ1) is 12.3. The lowest BCUT2D eigenvalue weighted by atomic mass is 9.93. The zero-order valence-corrected chi connectivity index (χ0v) is 10.3. The SMILES string of the molecule is C=CCN(C(=O)C(C)(C)C)C1CCCC1. The smallest absolute Gasteiger partial charge is 0.228 e. The molecule has 0 N–H and O–H groups in total. The Balaban J connectivity index is 2.72. The molecule has 0 unspecified atom stereocenters. The maximum absolute atomic E-state index is 12.2. The van der Waals surface area contributed by atoms with E-state index in [9.17, 15) is 4.79 Å². The summed E-state index contributed by atoms with van der Waals surface area (Å²) in [6, 6.07) is 0.453. The minimum atomic E-state index is -0.272. The largest absolute Gasteiger partial charge is 0.336 e. The van der Waals surface area contributed by atoms with Gasteiger partial charge in [-0.1, -0.05) is 39.7 Å². The average molecular weight is 209 g/mol. The fraction of sp³-hybridized carbons (Fsp3) is 0.769. The molecule has 2 nitrogen and oxygen atoms in total. The Bertz CT molecular complexity index is 233. The van der Waals surface area contributed by atoms with E-state index in [1.807, 2.05) is 31.7 Å². The third-order valence-corrected chi connectivity index (χ3v) is 2.99. The van der Waals surface area contributed by atoms with Crippen molar-refractivity contribution in [1.29, 1.82) is 0 Å². The van der Waals surface area contributed by atoms with Crippen LogP contribution < -0.4 is 0 Å². The fourth-order valence-electron chi connectivity index (χ4n) is 2.18. The quantitative estimate of drug-likeness (QED) is 0.654. The third-order valence-electron chi connectivity index (χ3n) is 2.99. The van der Waals surface area contributed by atoms with Crippen LogP contribution in [-0.4, -0.2) is 23.4 Å². The third kappa shape index (κ3) is 3.08. The maximum Gasteiger partial charge on any atom is 0.228 e. The molecule has 1 saturated carbocycles. The second kappa shape index (κ2) is 4.82. The van der Waals surface area contributed by atoms with Gasteiger partial charge in [0.15, 0.2) is 0 Å². The summed E-state index contributed by atoms with van der Waals surface area (Å²) in [4.78, 5) is 14.2. The summed E-state index contributed by atoms with van der Waals surface area (Å²) in [6.07, 6.45) is 6.68. The molecule has 1 fully saturated rings. The van der Waals surface area contributed by atoms with E-state index in [-0.39, 0.29) is 11.3 Å². The molecule has 0 saturated heterocycles. The first-order valence-corrected chi connectivity index (χ1v) is 5.89. The van der Waals surface area contributed by atoms with Crippen molar-refractivity contribution in [1.82, 2.24) is 4.90 Å². The van der Waals surface area contributed by atoms with Crippen LogP contribution in [0.2, 0.25) is 0 Å². The molecule has 0 aliphatic heterocycles. The van der Waals surface area contributed by atoms with Crippen molar-refractivity contribution in [2.45, 2.75) is 52.5 Å². The van der Waals surface area contributed by atoms with Gasteiger partial charge in [-0.3, -0.25) is 4.79 Å². The molecule has 86 valence electrons. The Hall–Kier alpha value is -0.790. The summed E-state index contributed by atoms with van der Waals surface area (Å²) in [5.41, 5.74) is -0.272. The molecule has 0 radical (unpaired) electrons. The topological polar surface area (TPSA) is 20.3 Å². The normalized spacial score (nSPS) is 17.8. The predicted octanol–water partition coefficient (Wildman–Crippen LogP) is 2.99. The lowest BCUT2D eigenvalue weighted by molar-refractivity contribution is -0.141. The summed E-state index contributed by atoms with van der Waals surface area (Å²) < 4.78 is 0. The number of amides is 1. The number of carbonyl (C=O) groups excluding carboxylic acids is 1. The lowest BCUT2D eigenvalue weighted by Gasteiger charge is -2.33. The second-order valence-corrected chi connectivity index (χ2v) is 5.43. The van der Waals surface area contributed by atoms with E-state index in [0.717, 1.165) is 12.8 Å². The van der Waals surface area contributed by atoms with Crippen molar-refractivity contribution in [3.63, 3.8) is 0 Å². The van der Waals surface area contributed by atoms with Gasteiger partial charge in [-0.25, -0.2) is 0 Å². The van der Waals surface area contributed by atoms with E-state index >= 15 is 0 Å². The predicted molar refractivity (Wildman–Crippen MR) is 63.6 cm³/mol. The number of hydrogen-bond donors (Lipinski definition) is 0. The highest BCUT2D eigenvalue weighted by Crippen LogP contribution is 2.27. The molecule has 1 aliphatic rings. The Morgan fingerprint density at radius 2 is 1.93 bits per heavy atom. The first-order valence-electron chi connectivity index (χ1n) is 5.89. The standard InChI is InChI=1S/C13H23NO/c1-5-10-14(11-8-6-7-9-11)12(15)13(2,3)4/h5,11H,1,6-10H2,2-4H3. The van der Waals surface area contributed by atoms with Gasteiger partial charge in [0.1, 0.15) is 0 Å². The highest BCUT2D eigenvalue weighted by Gasteiger charge is 2.32. The van der Waals surface area contributed by atoms with E-state index in [1.165, 1.54) is 12.8 Å². The summed E-state index contributed by atoms with van der Waals surface area (Å²) in [6.45, 7) is 10.4. The summed E-state index contributed by atoms with van der Waals surface area (Å²) in [5.74, 6) is 0.259. The Labute approximate surface area is 93.3 Å². The molecule has 0 aromatic rings. The van der Waals surface area contributed by atoms with Gasteiger partial charge in [-0.15, -0.1) is 6.58 Å². The van der Waals surface area contributed by atoms with Gasteiger partial charge < -0.3 is 4.90 Å². The van der Waals surface area contributed by atoms with Crippen LogP contribution >= 0.6 is 0 Å². The lowest BCUT2D eigenvalue weighted by Crippen LogP contribution is -2.44. The molecular weight excluding hydrogens is 186 g/mol. The van der Waals surface area contributed by atoms with E-state index in [2.05, 4.69) is 6.58 Å². The minimum Gasteiger partial charge on any atom is -0.336 e. The van der Waals surface area contributed by atoms with Crippen LogP contribution in [0.4, 0.5) is 0 Å². The summed E-state index contributed by atoms with van der Waals surface area (Å²) >= 11 is 0. The van der Waals surface area contributed by atoms with Crippen molar-refractivity contribution in [3.8, 4) is 0 Å². The van der Waals surface area contributed by atoms with Gasteiger partial charge in [0.25, 0.3) is 0 Å². The highest BCUT2D eigenvalue weighted by molar-refractivity contribution is 5.82. The van der Waals surface area contributed by atoms with Gasteiger partial charge in [-0.2, -0.15) is 0 Å². The van der Waals surface area contributed by atoms with Gasteiger partial charge in [0.2, 0.25) is 5.91 Å². The zero-order valence-electron chi connectivity index (χ0n) is 10.3. The van der Waals surface area contributed by atoms with Crippen LogP contribution in [0.25, 0.3) is 0 Å². The number of carbonyl (C=O) groups is 1. The molecular formula is C13H23NO. The van der Waals surface area contributed by atoms with Crippen LogP contribution in [-0.2, 0) is 4.79 Å². The Kier molecular flexibility index (Phi) is 3.95. The van der Waals surface area contributed by atoms with Gasteiger partial charge in [-0.05, 0) is 12.8 Å². The monoisotopic (exact) mass is 209 g/mol. The molecule has 15 heavy (non-hydrogen) atoms.